The summed E-state index contributed by atoms with van der Waals surface area (Å²) >= 11 is 0. The minimum absolute atomic E-state index is 0.0210. The molecule has 0 fully saturated rings. The second-order valence-electron chi connectivity index (χ2n) is 9.31. The number of furan rings is 2. The van der Waals surface area contributed by atoms with E-state index in [1.54, 1.807) is 30.3 Å². The van der Waals surface area contributed by atoms with Crippen LogP contribution in [0, 0.1) is 0 Å². The summed E-state index contributed by atoms with van der Waals surface area (Å²) in [6.45, 7) is 0. The van der Waals surface area contributed by atoms with E-state index >= 15 is 0 Å². The highest BCUT2D eigenvalue weighted by Crippen LogP contribution is 2.48. The van der Waals surface area contributed by atoms with Crippen molar-refractivity contribution in [3.63, 3.8) is 0 Å². The third-order valence-electron chi connectivity index (χ3n) is 7.29. The monoisotopic (exact) mass is 525 g/mol. The smallest absolute Gasteiger partial charge is 0.178 e. The number of benzene rings is 7. The van der Waals surface area contributed by atoms with Gasteiger partial charge >= 0.3 is 0 Å². The Morgan fingerprint density at radius 3 is 1.85 bits per heavy atom. The lowest BCUT2D eigenvalue weighted by Gasteiger charge is -2.19. The standard InChI is InChI=1S/C38H22O2/c1-2-12-24-23(10-1)11-9-18-26(24)35-27-14-3-5-16-29(27)36(30-17-6-4-15-28(30)35)32-22-33-25-13-7-8-19-34(25)40-38(33)37-31(32)20-21-39-37/h1-22H/i1D,2D,3D,4D,5D,6D,9D,10D,11D,12D,14D,15D,16D,17D,18D. The van der Waals surface area contributed by atoms with Crippen LogP contribution < -0.4 is 0 Å². The molecule has 2 nitrogen and oxygen atoms in total. The Kier molecular flexibility index (Phi) is 2.39. The van der Waals surface area contributed by atoms with E-state index < -0.39 is 107 Å². The summed E-state index contributed by atoms with van der Waals surface area (Å²) < 4.78 is 146. The third kappa shape index (κ3) is 2.88. The van der Waals surface area contributed by atoms with Gasteiger partial charge in [0.1, 0.15) is 5.58 Å². The van der Waals surface area contributed by atoms with Crippen LogP contribution in [-0.2, 0) is 0 Å². The summed E-state index contributed by atoms with van der Waals surface area (Å²) in [5.74, 6) is 0. The highest BCUT2D eigenvalue weighted by molar-refractivity contribution is 6.27. The van der Waals surface area contributed by atoms with Gasteiger partial charge < -0.3 is 8.83 Å². The van der Waals surface area contributed by atoms with Crippen molar-refractivity contribution in [2.75, 3.05) is 0 Å². The molecule has 9 aromatic rings. The number of para-hydroxylation sites is 1. The molecule has 7 aromatic carbocycles. The minimum Gasteiger partial charge on any atom is -0.460 e. The maximum Gasteiger partial charge on any atom is 0.178 e. The summed E-state index contributed by atoms with van der Waals surface area (Å²) in [7, 11) is 0. The maximum absolute atomic E-state index is 9.38. The molecule has 0 spiro atoms. The Bertz CT molecular complexity index is 3180. The van der Waals surface area contributed by atoms with E-state index in [2.05, 4.69) is 0 Å². The Morgan fingerprint density at radius 2 is 1.10 bits per heavy atom. The lowest BCUT2D eigenvalue weighted by Crippen LogP contribution is -1.92. The van der Waals surface area contributed by atoms with Crippen LogP contribution in [0.4, 0.5) is 0 Å². The Hall–Kier alpha value is -5.34. The first-order chi connectivity index (χ1) is 26.1. The van der Waals surface area contributed by atoms with E-state index in [0.29, 0.717) is 27.3 Å². The second kappa shape index (κ2) is 8.08. The van der Waals surface area contributed by atoms with Crippen LogP contribution in [0.2, 0.25) is 0 Å². The first-order valence-corrected chi connectivity index (χ1v) is 12.4. The van der Waals surface area contributed by atoms with Gasteiger partial charge in [0.05, 0.1) is 26.8 Å². The zero-order valence-electron chi connectivity index (χ0n) is 35.4. The molecule has 0 saturated heterocycles. The van der Waals surface area contributed by atoms with Crippen molar-refractivity contribution in [2.45, 2.75) is 0 Å². The normalized spacial score (nSPS) is 17.2. The summed E-state index contributed by atoms with van der Waals surface area (Å²) in [5.41, 5.74) is 0.564. The average molecular weight is 526 g/mol. The number of hydrogen-bond acceptors (Lipinski definition) is 2. The third-order valence-corrected chi connectivity index (χ3v) is 7.29. The molecule has 2 heterocycles. The van der Waals surface area contributed by atoms with Gasteiger partial charge in [-0.3, -0.25) is 0 Å². The molecule has 0 amide bonds. The van der Waals surface area contributed by atoms with Gasteiger partial charge in [0.25, 0.3) is 0 Å². The van der Waals surface area contributed by atoms with Crippen molar-refractivity contribution < 1.29 is 29.4 Å². The molecule has 0 atom stereocenters. The Morgan fingerprint density at radius 1 is 0.475 bits per heavy atom. The highest BCUT2D eigenvalue weighted by Gasteiger charge is 2.22. The zero-order valence-corrected chi connectivity index (χ0v) is 20.4. The van der Waals surface area contributed by atoms with E-state index in [1.165, 1.54) is 6.26 Å². The lowest BCUT2D eigenvalue weighted by atomic mass is 9.84. The fourth-order valence-corrected chi connectivity index (χ4v) is 5.65. The van der Waals surface area contributed by atoms with Gasteiger partial charge in [0.15, 0.2) is 11.2 Å². The molecule has 9 rings (SSSR count). The number of rotatable bonds is 2. The van der Waals surface area contributed by atoms with Crippen molar-refractivity contribution in [3.05, 3.63) is 133 Å². The molecule has 186 valence electrons. The molecule has 40 heavy (non-hydrogen) atoms. The first-order valence-electron chi connectivity index (χ1n) is 19.9. The molecule has 0 aliphatic carbocycles. The van der Waals surface area contributed by atoms with Gasteiger partial charge in [-0.1, -0.05) is 109 Å². The minimum atomic E-state index is -0.767. The van der Waals surface area contributed by atoms with Gasteiger partial charge in [-0.15, -0.1) is 0 Å². The first kappa shape index (κ1) is 11.8. The van der Waals surface area contributed by atoms with Gasteiger partial charge in [-0.05, 0) is 72.8 Å². The van der Waals surface area contributed by atoms with E-state index in [-0.39, 0.29) is 43.8 Å². The zero-order chi connectivity index (χ0) is 39.3. The molecule has 0 radical (unpaired) electrons. The highest BCUT2D eigenvalue weighted by atomic mass is 16.4. The fourth-order valence-electron chi connectivity index (χ4n) is 5.65. The van der Waals surface area contributed by atoms with Crippen molar-refractivity contribution in [1.29, 1.82) is 0 Å². The summed E-state index contributed by atoms with van der Waals surface area (Å²) in [5, 5.41) is -0.356. The van der Waals surface area contributed by atoms with E-state index in [0.717, 1.165) is 0 Å². The predicted molar refractivity (Wildman–Crippen MR) is 167 cm³/mol. The van der Waals surface area contributed by atoms with Crippen LogP contribution in [0.1, 0.15) is 20.6 Å². The SMILES string of the molecule is [2H]c1c([2H])c([2H])c2c(-c3c4c([2H])c([2H])c([2H])c([2H])c4c(-c4cc5c6ccccc6oc5c5occc45)c4c([2H])c([2H])c([2H])c([2H])c34)c([2H])c([2H])c([2H])c2c1[2H]. The number of fused-ring (bicyclic) bond motifs is 8. The molecule has 0 bridgehead atoms. The summed E-state index contributed by atoms with van der Waals surface area (Å²) in [6.07, 6.45) is 1.40. The fraction of sp³-hybridized carbons (Fsp3) is 0. The second-order valence-corrected chi connectivity index (χ2v) is 9.31. The van der Waals surface area contributed by atoms with Crippen molar-refractivity contribution >= 4 is 65.2 Å². The summed E-state index contributed by atoms with van der Waals surface area (Å²) in [6, 6.07) is 0.0612. The molecule has 2 heteroatoms. The van der Waals surface area contributed by atoms with Crippen LogP contribution in [0.15, 0.2) is 142 Å². The van der Waals surface area contributed by atoms with Gasteiger partial charge in [-0.2, -0.15) is 0 Å². The topological polar surface area (TPSA) is 26.3 Å². The van der Waals surface area contributed by atoms with Gasteiger partial charge in [0.2, 0.25) is 0 Å². The summed E-state index contributed by atoms with van der Waals surface area (Å²) in [4.78, 5) is 0. The van der Waals surface area contributed by atoms with Crippen molar-refractivity contribution in [2.24, 2.45) is 0 Å². The Labute approximate surface area is 250 Å². The maximum atomic E-state index is 9.38. The lowest BCUT2D eigenvalue weighted by molar-refractivity contribution is 0.600. The molecule has 0 saturated carbocycles. The van der Waals surface area contributed by atoms with E-state index in [9.17, 15) is 6.85 Å². The van der Waals surface area contributed by atoms with E-state index in [4.69, 9.17) is 22.5 Å². The van der Waals surface area contributed by atoms with Crippen LogP contribution in [0.25, 0.3) is 87.5 Å². The quantitative estimate of drug-likeness (QED) is 0.210. The molecule has 0 aliphatic heterocycles. The van der Waals surface area contributed by atoms with Crippen LogP contribution in [0.3, 0.4) is 0 Å². The molecule has 0 unspecified atom stereocenters. The average Bonchev–Trinajstić information content (AvgIpc) is 3.82. The molecule has 2 aromatic heterocycles. The van der Waals surface area contributed by atoms with Crippen molar-refractivity contribution in [3.8, 4) is 22.3 Å². The van der Waals surface area contributed by atoms with E-state index in [1.807, 2.05) is 6.07 Å². The van der Waals surface area contributed by atoms with Crippen LogP contribution in [-0.4, -0.2) is 0 Å². The Balaban J connectivity index is 1.67. The molecular formula is C38H22O2. The van der Waals surface area contributed by atoms with Gasteiger partial charge in [-0.25, -0.2) is 0 Å². The van der Waals surface area contributed by atoms with Crippen LogP contribution >= 0.6 is 0 Å². The molecule has 0 aliphatic rings. The van der Waals surface area contributed by atoms with Gasteiger partial charge in [0, 0.05) is 16.2 Å². The van der Waals surface area contributed by atoms with Crippen molar-refractivity contribution in [1.82, 2.24) is 0 Å². The van der Waals surface area contributed by atoms with Crippen LogP contribution in [0.5, 0.6) is 0 Å². The predicted octanol–water partition coefficient (Wildman–Crippen LogP) is 11.1. The molecule has 0 N–H and O–H groups in total. The largest absolute Gasteiger partial charge is 0.460 e. The molecular weight excluding hydrogens is 488 g/mol. The number of hydrogen-bond donors (Lipinski definition) is 0.